The third kappa shape index (κ3) is 9.34. The van der Waals surface area contributed by atoms with E-state index in [9.17, 15) is 9.59 Å². The van der Waals surface area contributed by atoms with Crippen molar-refractivity contribution in [2.24, 2.45) is 10.9 Å². The van der Waals surface area contributed by atoms with Gasteiger partial charge in [0, 0.05) is 6.04 Å². The van der Waals surface area contributed by atoms with E-state index in [1.54, 1.807) is 24.3 Å². The van der Waals surface area contributed by atoms with Crippen LogP contribution in [0.3, 0.4) is 0 Å². The molecule has 3 N–H and O–H groups in total. The van der Waals surface area contributed by atoms with Crippen molar-refractivity contribution in [2.45, 2.75) is 58.1 Å². The summed E-state index contributed by atoms with van der Waals surface area (Å²) < 4.78 is 5.15. The minimum Gasteiger partial charge on any atom is -0.444 e. The van der Waals surface area contributed by atoms with E-state index in [2.05, 4.69) is 15.3 Å². The summed E-state index contributed by atoms with van der Waals surface area (Å²) in [4.78, 5) is 26.7. The van der Waals surface area contributed by atoms with Gasteiger partial charge >= 0.3 is 12.1 Å². The first kappa shape index (κ1) is 20.5. The molecule has 0 saturated heterocycles. The number of benzene rings is 1. The summed E-state index contributed by atoms with van der Waals surface area (Å²) in [5.41, 5.74) is 4.95. The highest BCUT2D eigenvalue weighted by atomic mass is 16.7. The predicted molar refractivity (Wildman–Crippen MR) is 96.2 cm³/mol. The lowest BCUT2D eigenvalue weighted by molar-refractivity contribution is 0.0500. The van der Waals surface area contributed by atoms with Crippen molar-refractivity contribution >= 4 is 18.4 Å². The molecule has 0 radical (unpaired) electrons. The zero-order chi connectivity index (χ0) is 18.7. The second-order valence-electron chi connectivity index (χ2n) is 6.63. The summed E-state index contributed by atoms with van der Waals surface area (Å²) in [6.45, 7) is 5.63. The quantitative estimate of drug-likeness (QED) is 0.377. The Morgan fingerprint density at radius 3 is 2.32 bits per heavy atom. The van der Waals surface area contributed by atoms with Crippen LogP contribution in [-0.4, -0.2) is 30.0 Å². The van der Waals surface area contributed by atoms with Gasteiger partial charge in [0.25, 0.3) is 0 Å². The molecule has 1 aliphatic rings. The molecule has 0 aromatic heterocycles. The standard InChI is InChI=1S/C10H19NO2.C8H8N2O2/c1-10(2,3)13-9(12)11-8-6-4-5-7-8;9-6-10-12-8(11)7-4-2-1-3-5-7/h8H,4-7H2,1-3H3,(H,11,12);1-6H,(H2,9,10). The molecular weight excluding hydrogens is 322 g/mol. The lowest BCUT2D eigenvalue weighted by Crippen LogP contribution is -2.37. The zero-order valence-electron chi connectivity index (χ0n) is 15.0. The molecule has 1 saturated carbocycles. The van der Waals surface area contributed by atoms with Crippen molar-refractivity contribution in [3.8, 4) is 0 Å². The molecule has 1 aromatic rings. The van der Waals surface area contributed by atoms with Crippen LogP contribution in [0.5, 0.6) is 0 Å². The maximum absolute atomic E-state index is 11.3. The third-order valence-corrected chi connectivity index (χ3v) is 3.28. The van der Waals surface area contributed by atoms with Crippen LogP contribution in [0.2, 0.25) is 0 Å². The molecule has 7 heteroatoms. The van der Waals surface area contributed by atoms with Crippen LogP contribution in [0, 0.1) is 0 Å². The smallest absolute Gasteiger partial charge is 0.407 e. The molecule has 1 amide bonds. The molecule has 1 fully saturated rings. The van der Waals surface area contributed by atoms with Crippen molar-refractivity contribution in [1.82, 2.24) is 5.32 Å². The van der Waals surface area contributed by atoms with Gasteiger partial charge in [-0.05, 0) is 45.7 Å². The lowest BCUT2D eigenvalue weighted by Gasteiger charge is -2.21. The van der Waals surface area contributed by atoms with Crippen molar-refractivity contribution in [2.75, 3.05) is 0 Å². The second kappa shape index (κ2) is 10.3. The molecular formula is C18H27N3O4. The number of nitrogens with zero attached hydrogens (tertiary/aromatic N) is 1. The summed E-state index contributed by atoms with van der Waals surface area (Å²) in [5, 5.41) is 6.03. The van der Waals surface area contributed by atoms with Gasteiger partial charge in [-0.15, -0.1) is 0 Å². The predicted octanol–water partition coefficient (Wildman–Crippen LogP) is 3.20. The number of nitrogens with one attached hydrogen (secondary N) is 1. The Morgan fingerprint density at radius 2 is 1.80 bits per heavy atom. The first-order chi connectivity index (χ1) is 11.8. The minimum absolute atomic E-state index is 0.278. The average molecular weight is 349 g/mol. The monoisotopic (exact) mass is 349 g/mol. The molecule has 0 aliphatic heterocycles. The first-order valence-corrected chi connectivity index (χ1v) is 8.31. The molecule has 2 rings (SSSR count). The normalized spacial score (nSPS) is 14.5. The van der Waals surface area contributed by atoms with E-state index < -0.39 is 5.97 Å². The molecule has 1 aliphatic carbocycles. The number of carbonyl (C=O) groups excluding carboxylic acids is 2. The highest BCUT2D eigenvalue weighted by Gasteiger charge is 2.21. The fraction of sp³-hybridized carbons (Fsp3) is 0.500. The van der Waals surface area contributed by atoms with Crippen molar-refractivity contribution in [3.05, 3.63) is 35.9 Å². The van der Waals surface area contributed by atoms with Gasteiger partial charge in [0.1, 0.15) is 11.9 Å². The second-order valence-corrected chi connectivity index (χ2v) is 6.63. The lowest BCUT2D eigenvalue weighted by atomic mass is 10.2. The number of hydrogen-bond acceptors (Lipinski definition) is 5. The van der Waals surface area contributed by atoms with Gasteiger partial charge in [0.05, 0.1) is 5.56 Å². The Morgan fingerprint density at radius 1 is 1.20 bits per heavy atom. The minimum atomic E-state index is -0.516. The summed E-state index contributed by atoms with van der Waals surface area (Å²) in [6, 6.07) is 8.90. The molecule has 0 atom stereocenters. The highest BCUT2D eigenvalue weighted by molar-refractivity contribution is 5.89. The van der Waals surface area contributed by atoms with E-state index in [0.29, 0.717) is 11.6 Å². The fourth-order valence-corrected chi connectivity index (χ4v) is 2.25. The van der Waals surface area contributed by atoms with Gasteiger partial charge in [-0.2, -0.15) is 0 Å². The topological polar surface area (TPSA) is 103 Å². The molecule has 0 spiro atoms. The van der Waals surface area contributed by atoms with Crippen LogP contribution in [0.25, 0.3) is 0 Å². The number of rotatable bonds is 3. The molecule has 0 heterocycles. The third-order valence-electron chi connectivity index (χ3n) is 3.28. The number of oxime groups is 1. The summed E-state index contributed by atoms with van der Waals surface area (Å²) in [5.74, 6) is -0.516. The van der Waals surface area contributed by atoms with Crippen molar-refractivity contribution < 1.29 is 19.2 Å². The van der Waals surface area contributed by atoms with Crippen LogP contribution >= 0.6 is 0 Å². The number of hydrogen-bond donors (Lipinski definition) is 2. The van der Waals surface area contributed by atoms with Crippen LogP contribution in [0.1, 0.15) is 56.8 Å². The summed E-state index contributed by atoms with van der Waals surface area (Å²) >= 11 is 0. The number of nitrogens with two attached hydrogens (primary N) is 1. The molecule has 138 valence electrons. The van der Waals surface area contributed by atoms with E-state index in [0.717, 1.165) is 19.2 Å². The van der Waals surface area contributed by atoms with E-state index in [-0.39, 0.29) is 11.7 Å². The van der Waals surface area contributed by atoms with Crippen molar-refractivity contribution in [1.29, 1.82) is 0 Å². The van der Waals surface area contributed by atoms with Crippen LogP contribution in [-0.2, 0) is 9.57 Å². The highest BCUT2D eigenvalue weighted by Crippen LogP contribution is 2.18. The number of ether oxygens (including phenoxy) is 1. The number of amides is 1. The van der Waals surface area contributed by atoms with Gasteiger partial charge in [-0.1, -0.05) is 36.2 Å². The largest absolute Gasteiger partial charge is 0.444 e. The Balaban J connectivity index is 0.000000251. The van der Waals surface area contributed by atoms with Crippen LogP contribution < -0.4 is 11.1 Å². The molecule has 0 bridgehead atoms. The Bertz CT molecular complexity index is 561. The van der Waals surface area contributed by atoms with E-state index in [1.165, 1.54) is 12.8 Å². The molecule has 7 nitrogen and oxygen atoms in total. The molecule has 25 heavy (non-hydrogen) atoms. The number of carbonyl (C=O) groups is 2. The Kier molecular flexibility index (Phi) is 8.46. The van der Waals surface area contributed by atoms with E-state index in [4.69, 9.17) is 10.5 Å². The number of alkyl carbamates (subject to hydrolysis) is 1. The Hall–Kier alpha value is -2.57. The Labute approximate surface area is 148 Å². The average Bonchev–Trinajstić information content (AvgIpc) is 3.05. The first-order valence-electron chi connectivity index (χ1n) is 8.31. The van der Waals surface area contributed by atoms with E-state index >= 15 is 0 Å². The molecule has 0 unspecified atom stereocenters. The van der Waals surface area contributed by atoms with Gasteiger partial charge < -0.3 is 20.6 Å². The fourth-order valence-electron chi connectivity index (χ4n) is 2.25. The molecule has 1 aromatic carbocycles. The van der Waals surface area contributed by atoms with E-state index in [1.807, 2.05) is 26.8 Å². The van der Waals surface area contributed by atoms with Gasteiger partial charge in [-0.3, -0.25) is 0 Å². The maximum Gasteiger partial charge on any atom is 0.407 e. The maximum atomic E-state index is 11.3. The van der Waals surface area contributed by atoms with Gasteiger partial charge in [0.15, 0.2) is 0 Å². The summed E-state index contributed by atoms with van der Waals surface area (Å²) in [7, 11) is 0. The van der Waals surface area contributed by atoms with Gasteiger partial charge in [-0.25, -0.2) is 9.59 Å². The summed E-state index contributed by atoms with van der Waals surface area (Å²) in [6.07, 6.45) is 5.28. The van der Waals surface area contributed by atoms with Crippen LogP contribution in [0.15, 0.2) is 35.5 Å². The van der Waals surface area contributed by atoms with Crippen molar-refractivity contribution in [3.63, 3.8) is 0 Å². The zero-order valence-corrected chi connectivity index (χ0v) is 15.0. The SMILES string of the molecule is CC(C)(C)OC(=O)NC1CCCC1.N/C=N\OC(=O)c1ccccc1. The van der Waals surface area contributed by atoms with Gasteiger partial charge in [0.2, 0.25) is 0 Å². The van der Waals surface area contributed by atoms with Crippen LogP contribution in [0.4, 0.5) is 4.79 Å².